The van der Waals surface area contributed by atoms with Crippen molar-refractivity contribution in [3.8, 4) is 22.6 Å². The second-order valence-corrected chi connectivity index (χ2v) is 17.1. The molecule has 16 heteroatoms. The van der Waals surface area contributed by atoms with Crippen LogP contribution in [0.4, 0.5) is 16.2 Å². The van der Waals surface area contributed by atoms with E-state index >= 15 is 0 Å². The standard InChI is InChI=1S/C45H51ClN6O8S/c1-51(41(56)16-18-52-25-29-19-31(20-30(29)26-52)60-44(57)49-35-12-7-6-11-32(35)27-9-4-3-5-10-27)17-8-13-40(55)48-36-22-39(59-2)28(21-34(36)46)23-47-24-38(54)33-14-15-37(53)42-43(33)61-45(58)50-42/h3-7,9-12,14-15,21-22,29-31,38,47,53-54H,8,13,16-20,23-26H2,1-2H3,(H,48,55)(H,49,57)(H,50,58)/t29-,30+,31?,38-/m0/s1. The number of rotatable bonds is 17. The Morgan fingerprint density at radius 2 is 1.72 bits per heavy atom. The third kappa shape index (κ3) is 10.9. The largest absolute Gasteiger partial charge is 0.506 e. The summed E-state index contributed by atoms with van der Waals surface area (Å²) in [7, 11) is 3.27. The van der Waals surface area contributed by atoms with Gasteiger partial charge in [-0.2, -0.15) is 0 Å². The first-order valence-electron chi connectivity index (χ1n) is 20.4. The summed E-state index contributed by atoms with van der Waals surface area (Å²) in [6, 6.07) is 24.0. The van der Waals surface area contributed by atoms with Gasteiger partial charge in [-0.25, -0.2) is 4.79 Å². The van der Waals surface area contributed by atoms with Crippen LogP contribution in [-0.4, -0.2) is 95.9 Å². The van der Waals surface area contributed by atoms with Crippen molar-refractivity contribution in [2.75, 3.05) is 57.5 Å². The number of thiazole rings is 1. The third-order valence-electron chi connectivity index (χ3n) is 11.5. The van der Waals surface area contributed by atoms with E-state index in [1.807, 2.05) is 54.6 Å². The molecule has 3 amide bonds. The van der Waals surface area contributed by atoms with Crippen LogP contribution in [0.2, 0.25) is 5.02 Å². The lowest BCUT2D eigenvalue weighted by Crippen LogP contribution is -2.33. The summed E-state index contributed by atoms with van der Waals surface area (Å²) in [4.78, 5) is 56.9. The van der Waals surface area contributed by atoms with Crippen molar-refractivity contribution in [2.24, 2.45) is 11.8 Å². The maximum Gasteiger partial charge on any atom is 0.411 e. The quantitative estimate of drug-likeness (QED) is 0.0570. The number of phenols is 1. The summed E-state index contributed by atoms with van der Waals surface area (Å²) in [5, 5.41) is 30.2. The summed E-state index contributed by atoms with van der Waals surface area (Å²) >= 11 is 7.48. The number of aromatic hydroxyl groups is 1. The number of hydrogen-bond donors (Lipinski definition) is 6. The minimum Gasteiger partial charge on any atom is -0.506 e. The average Bonchev–Trinajstić information content (AvgIpc) is 3.94. The molecule has 4 aromatic carbocycles. The third-order valence-corrected chi connectivity index (χ3v) is 12.8. The van der Waals surface area contributed by atoms with E-state index in [0.29, 0.717) is 87.8 Å². The van der Waals surface area contributed by atoms with Crippen LogP contribution in [0, 0.1) is 11.8 Å². The summed E-state index contributed by atoms with van der Waals surface area (Å²) in [6.07, 6.45) is 1.13. The van der Waals surface area contributed by atoms with E-state index < -0.39 is 12.2 Å². The van der Waals surface area contributed by atoms with Crippen molar-refractivity contribution in [3.05, 3.63) is 105 Å². The number of anilines is 2. The number of aliphatic hydroxyl groups excluding tert-OH is 1. The van der Waals surface area contributed by atoms with E-state index in [1.165, 1.54) is 13.2 Å². The van der Waals surface area contributed by atoms with Crippen LogP contribution in [0.5, 0.6) is 11.5 Å². The number of nitrogens with one attached hydrogen (secondary N) is 4. The minimum atomic E-state index is -0.956. The van der Waals surface area contributed by atoms with Crippen LogP contribution in [0.25, 0.3) is 21.3 Å². The van der Waals surface area contributed by atoms with E-state index in [2.05, 4.69) is 25.8 Å². The lowest BCUT2D eigenvalue weighted by molar-refractivity contribution is -0.130. The molecule has 2 fully saturated rings. The number of likely N-dealkylation sites (tertiary alicyclic amines) is 1. The smallest absolute Gasteiger partial charge is 0.411 e. The zero-order chi connectivity index (χ0) is 43.0. The Morgan fingerprint density at radius 3 is 2.48 bits per heavy atom. The van der Waals surface area contributed by atoms with Crippen LogP contribution in [0.15, 0.2) is 83.7 Å². The van der Waals surface area contributed by atoms with Crippen molar-refractivity contribution >= 4 is 62.4 Å². The lowest BCUT2D eigenvalue weighted by atomic mass is 10.0. The van der Waals surface area contributed by atoms with Crippen LogP contribution < -0.4 is 25.6 Å². The molecule has 0 radical (unpaired) electrons. The van der Waals surface area contributed by atoms with Crippen LogP contribution in [-0.2, 0) is 20.9 Å². The predicted octanol–water partition coefficient (Wildman–Crippen LogP) is 6.97. The number of nitrogens with zero attached hydrogens (tertiary/aromatic N) is 2. The maximum absolute atomic E-state index is 13.0. The number of hydrogen-bond acceptors (Lipinski definition) is 11. The molecule has 1 unspecified atom stereocenters. The van der Waals surface area contributed by atoms with Gasteiger partial charge in [0, 0.05) is 81.9 Å². The lowest BCUT2D eigenvalue weighted by Gasteiger charge is -2.21. The van der Waals surface area contributed by atoms with E-state index in [0.717, 1.165) is 48.4 Å². The molecule has 7 rings (SSSR count). The number of methoxy groups -OCH3 is 1. The number of benzene rings is 4. The van der Waals surface area contributed by atoms with Gasteiger partial charge in [0.1, 0.15) is 23.1 Å². The number of para-hydroxylation sites is 1. The Hall–Kier alpha value is -5.45. The molecule has 2 aliphatic rings. The molecular formula is C45H51ClN6O8S. The Balaban J connectivity index is 0.788. The minimum absolute atomic E-state index is 0.0219. The topological polar surface area (TPSA) is 186 Å². The number of aromatic amines is 1. The molecule has 5 aromatic rings. The number of carbonyl (C=O) groups excluding carboxylic acids is 3. The van der Waals surface area contributed by atoms with Gasteiger partial charge in [-0.3, -0.25) is 19.7 Å². The Kier molecular flexibility index (Phi) is 14.3. The van der Waals surface area contributed by atoms with Gasteiger partial charge in [0.15, 0.2) is 0 Å². The number of carbonyl (C=O) groups is 3. The first-order chi connectivity index (χ1) is 29.4. The normalized spacial score (nSPS) is 17.8. The van der Waals surface area contributed by atoms with Gasteiger partial charge in [0.2, 0.25) is 11.8 Å². The van der Waals surface area contributed by atoms with Crippen LogP contribution in [0.1, 0.15) is 49.3 Å². The maximum atomic E-state index is 13.0. The molecule has 4 atom stereocenters. The van der Waals surface area contributed by atoms with Crippen LogP contribution in [0.3, 0.4) is 0 Å². The molecule has 1 aromatic heterocycles. The highest BCUT2D eigenvalue weighted by Crippen LogP contribution is 2.40. The van der Waals surface area contributed by atoms with Crippen LogP contribution >= 0.6 is 22.9 Å². The van der Waals surface area contributed by atoms with Gasteiger partial charge in [0.05, 0.1) is 34.3 Å². The number of aliphatic hydroxyl groups is 1. The summed E-state index contributed by atoms with van der Waals surface area (Å²) in [5.41, 5.74) is 4.58. The Morgan fingerprint density at radius 1 is 0.984 bits per heavy atom. The second kappa shape index (κ2) is 19.9. The van der Waals surface area contributed by atoms with Crippen molar-refractivity contribution in [1.29, 1.82) is 0 Å². The fourth-order valence-corrected chi connectivity index (χ4v) is 9.56. The molecule has 0 spiro atoms. The Labute approximate surface area is 362 Å². The van der Waals surface area contributed by atoms with E-state index in [4.69, 9.17) is 21.1 Å². The zero-order valence-electron chi connectivity index (χ0n) is 34.1. The molecule has 2 heterocycles. The molecular weight excluding hydrogens is 820 g/mol. The van der Waals surface area contributed by atoms with Crippen molar-refractivity contribution in [2.45, 2.75) is 50.9 Å². The molecule has 6 N–H and O–H groups in total. The molecule has 0 bridgehead atoms. The van der Waals surface area contributed by atoms with Gasteiger partial charge in [0.25, 0.3) is 0 Å². The van der Waals surface area contributed by atoms with Gasteiger partial charge in [-0.05, 0) is 54.9 Å². The van der Waals surface area contributed by atoms with Crippen molar-refractivity contribution in [1.82, 2.24) is 20.1 Å². The molecule has 1 saturated heterocycles. The van der Waals surface area contributed by atoms with E-state index in [1.54, 1.807) is 30.1 Å². The summed E-state index contributed by atoms with van der Waals surface area (Å²) in [6.45, 7) is 3.27. The zero-order valence-corrected chi connectivity index (χ0v) is 35.7. The molecule has 1 aliphatic carbocycles. The molecule has 14 nitrogen and oxygen atoms in total. The first kappa shape index (κ1) is 43.6. The fourth-order valence-electron chi connectivity index (χ4n) is 8.41. The number of fused-ring (bicyclic) bond motifs is 2. The highest BCUT2D eigenvalue weighted by atomic mass is 35.5. The van der Waals surface area contributed by atoms with Gasteiger partial charge in [-0.1, -0.05) is 77.5 Å². The van der Waals surface area contributed by atoms with Gasteiger partial charge < -0.3 is 45.1 Å². The Bertz CT molecular complexity index is 2400. The van der Waals surface area contributed by atoms with E-state index in [-0.39, 0.29) is 41.5 Å². The fraction of sp³-hybridized carbons (Fsp3) is 0.378. The molecule has 61 heavy (non-hydrogen) atoms. The summed E-state index contributed by atoms with van der Waals surface area (Å²) < 4.78 is 11.9. The molecule has 1 saturated carbocycles. The number of phenolic OH excluding ortho intramolecular Hbond substituents is 1. The van der Waals surface area contributed by atoms with Crippen molar-refractivity contribution < 1.29 is 34.1 Å². The average molecular weight is 871 g/mol. The second-order valence-electron chi connectivity index (χ2n) is 15.7. The number of amides is 3. The number of H-pyrrole nitrogens is 1. The number of halogens is 1. The number of aromatic nitrogens is 1. The van der Waals surface area contributed by atoms with Gasteiger partial charge in [-0.15, -0.1) is 0 Å². The summed E-state index contributed by atoms with van der Waals surface area (Å²) in [5.74, 6) is 1.05. The predicted molar refractivity (Wildman–Crippen MR) is 237 cm³/mol. The highest BCUT2D eigenvalue weighted by molar-refractivity contribution is 7.16. The first-order valence-corrected chi connectivity index (χ1v) is 21.6. The number of ether oxygens (including phenoxy) is 2. The van der Waals surface area contributed by atoms with Crippen molar-refractivity contribution in [3.63, 3.8) is 0 Å². The monoisotopic (exact) mass is 870 g/mol. The molecule has 1 aliphatic heterocycles. The van der Waals surface area contributed by atoms with Gasteiger partial charge >= 0.3 is 11.0 Å². The SMILES string of the molecule is COc1cc(NC(=O)CCCN(C)C(=O)CCN2C[C@H]3CC(OC(=O)Nc4ccccc4-c4ccccc4)C[C@H]3C2)c(Cl)cc1CNC[C@H](O)c1ccc(O)c2[nH]c(=O)sc12. The molecule has 322 valence electrons. The highest BCUT2D eigenvalue weighted by Gasteiger charge is 2.42. The van der Waals surface area contributed by atoms with E-state index in [9.17, 15) is 29.4 Å².